The minimum atomic E-state index is 0.495. The van der Waals surface area contributed by atoms with Crippen LogP contribution in [0.2, 0.25) is 0 Å². The molecule has 0 aromatic heterocycles. The molecule has 2 rings (SSSR count). The molecule has 0 saturated heterocycles. The minimum absolute atomic E-state index is 0.495. The van der Waals surface area contributed by atoms with E-state index in [1.54, 1.807) is 28.4 Å². The van der Waals surface area contributed by atoms with Crippen LogP contribution in [0.4, 0.5) is 5.69 Å². The molecule has 2 N–H and O–H groups in total. The van der Waals surface area contributed by atoms with Gasteiger partial charge in [0, 0.05) is 44.5 Å². The van der Waals surface area contributed by atoms with Gasteiger partial charge in [-0.15, -0.1) is 0 Å². The fourth-order valence-electron chi connectivity index (χ4n) is 2.89. The maximum absolute atomic E-state index is 5.77. The van der Waals surface area contributed by atoms with Crippen molar-refractivity contribution in [3.8, 4) is 23.0 Å². The molecule has 0 fully saturated rings. The lowest BCUT2D eigenvalue weighted by atomic mass is 10.2. The third-order valence-corrected chi connectivity index (χ3v) is 4.35. The summed E-state index contributed by atoms with van der Waals surface area (Å²) in [7, 11) is 6.44. The predicted octanol–water partition coefficient (Wildman–Crippen LogP) is 3.71. The first kappa shape index (κ1) is 24.1. The number of benzene rings is 2. The number of methoxy groups -OCH3 is 4. The number of guanidine groups is 1. The number of ether oxygens (including phenoxy) is 5. The third-order valence-electron chi connectivity index (χ3n) is 4.35. The zero-order valence-corrected chi connectivity index (χ0v) is 19.0. The molecule has 0 unspecified atom stereocenters. The topological polar surface area (TPSA) is 82.6 Å². The van der Waals surface area contributed by atoms with Gasteiger partial charge in [0.1, 0.15) is 5.75 Å². The molecule has 0 atom stereocenters. The van der Waals surface area contributed by atoms with Gasteiger partial charge in [0.2, 0.25) is 5.75 Å². The van der Waals surface area contributed by atoms with Gasteiger partial charge in [-0.1, -0.05) is 12.1 Å². The van der Waals surface area contributed by atoms with Crippen LogP contribution >= 0.6 is 0 Å². The summed E-state index contributed by atoms with van der Waals surface area (Å²) in [4.78, 5) is 4.69. The Morgan fingerprint density at radius 1 is 0.935 bits per heavy atom. The van der Waals surface area contributed by atoms with E-state index in [0.29, 0.717) is 43.0 Å². The molecule has 0 amide bonds. The first-order valence-electron chi connectivity index (χ1n) is 10.2. The Bertz CT molecular complexity index is 817. The highest BCUT2D eigenvalue weighted by molar-refractivity contribution is 5.94. The lowest BCUT2D eigenvalue weighted by Crippen LogP contribution is -2.30. The van der Waals surface area contributed by atoms with Gasteiger partial charge in [-0.05, 0) is 24.6 Å². The molecule has 0 bridgehead atoms. The summed E-state index contributed by atoms with van der Waals surface area (Å²) in [5, 5.41) is 6.54. The van der Waals surface area contributed by atoms with Gasteiger partial charge in [0.25, 0.3) is 0 Å². The molecule has 8 heteroatoms. The van der Waals surface area contributed by atoms with Gasteiger partial charge < -0.3 is 34.3 Å². The number of rotatable bonds is 12. The summed E-state index contributed by atoms with van der Waals surface area (Å²) in [6, 6.07) is 11.6. The summed E-state index contributed by atoms with van der Waals surface area (Å²) in [6.07, 6.45) is 0.849. The molecule has 0 aliphatic rings. The number of hydrogen-bond acceptors (Lipinski definition) is 6. The van der Waals surface area contributed by atoms with Crippen LogP contribution in [0.3, 0.4) is 0 Å². The number of anilines is 1. The summed E-state index contributed by atoms with van der Waals surface area (Å²) in [5.41, 5.74) is 1.82. The van der Waals surface area contributed by atoms with E-state index < -0.39 is 0 Å². The predicted molar refractivity (Wildman–Crippen MR) is 123 cm³/mol. The summed E-state index contributed by atoms with van der Waals surface area (Å²) >= 11 is 0. The SMILES string of the molecule is CCNC(=NCc1cccc(OCCCOC)c1)Nc1cc(OC)c(OC)c(OC)c1. The van der Waals surface area contributed by atoms with Crippen LogP contribution < -0.4 is 29.6 Å². The average Bonchev–Trinajstić information content (AvgIpc) is 2.80. The lowest BCUT2D eigenvalue weighted by Gasteiger charge is -2.16. The molecule has 0 radical (unpaired) electrons. The minimum Gasteiger partial charge on any atom is -0.493 e. The Morgan fingerprint density at radius 2 is 1.68 bits per heavy atom. The van der Waals surface area contributed by atoms with E-state index >= 15 is 0 Å². The highest BCUT2D eigenvalue weighted by Gasteiger charge is 2.14. The Balaban J connectivity index is 2.12. The molecule has 2 aromatic carbocycles. The van der Waals surface area contributed by atoms with Gasteiger partial charge in [-0.3, -0.25) is 0 Å². The van der Waals surface area contributed by atoms with Crippen LogP contribution in [-0.2, 0) is 11.3 Å². The standard InChI is InChI=1S/C23H33N3O5/c1-6-24-23(26-18-14-20(28-3)22(30-5)21(15-18)29-4)25-16-17-9-7-10-19(13-17)31-12-8-11-27-2/h7,9-10,13-15H,6,8,11-12,16H2,1-5H3,(H2,24,25,26). The van der Waals surface area contributed by atoms with Crippen molar-refractivity contribution in [2.75, 3.05) is 53.5 Å². The number of nitrogens with one attached hydrogen (secondary N) is 2. The fourth-order valence-corrected chi connectivity index (χ4v) is 2.89. The molecule has 0 heterocycles. The third kappa shape index (κ3) is 7.57. The summed E-state index contributed by atoms with van der Waals surface area (Å²) < 4.78 is 27.0. The molecular formula is C23H33N3O5. The van der Waals surface area contributed by atoms with Crippen molar-refractivity contribution in [2.45, 2.75) is 19.9 Å². The van der Waals surface area contributed by atoms with Crippen molar-refractivity contribution in [3.63, 3.8) is 0 Å². The molecule has 8 nitrogen and oxygen atoms in total. The van der Waals surface area contributed by atoms with Crippen molar-refractivity contribution in [2.24, 2.45) is 4.99 Å². The normalized spacial score (nSPS) is 11.1. The van der Waals surface area contributed by atoms with E-state index in [1.165, 1.54) is 0 Å². The van der Waals surface area contributed by atoms with Gasteiger partial charge in [-0.2, -0.15) is 0 Å². The second-order valence-corrected chi connectivity index (χ2v) is 6.58. The first-order chi connectivity index (χ1) is 15.1. The van der Waals surface area contributed by atoms with Crippen molar-refractivity contribution in [1.29, 1.82) is 0 Å². The highest BCUT2D eigenvalue weighted by Crippen LogP contribution is 2.39. The average molecular weight is 432 g/mol. The van der Waals surface area contributed by atoms with Gasteiger partial charge in [-0.25, -0.2) is 4.99 Å². The van der Waals surface area contributed by atoms with E-state index in [1.807, 2.05) is 43.3 Å². The molecule has 0 saturated carbocycles. The van der Waals surface area contributed by atoms with E-state index in [2.05, 4.69) is 15.6 Å². The number of hydrogen-bond donors (Lipinski definition) is 2. The fraction of sp³-hybridized carbons (Fsp3) is 0.435. The van der Waals surface area contributed by atoms with Crippen molar-refractivity contribution in [1.82, 2.24) is 5.32 Å². The lowest BCUT2D eigenvalue weighted by molar-refractivity contribution is 0.172. The van der Waals surface area contributed by atoms with Gasteiger partial charge in [0.15, 0.2) is 17.5 Å². The van der Waals surface area contributed by atoms with Crippen LogP contribution in [0.15, 0.2) is 41.4 Å². The molecule has 2 aromatic rings. The summed E-state index contributed by atoms with van der Waals surface area (Å²) in [6.45, 7) is 4.53. The smallest absolute Gasteiger partial charge is 0.203 e. The summed E-state index contributed by atoms with van der Waals surface area (Å²) in [5.74, 6) is 3.14. The zero-order valence-electron chi connectivity index (χ0n) is 19.0. The Morgan fingerprint density at radius 3 is 2.29 bits per heavy atom. The Kier molecular flexibility index (Phi) is 10.3. The first-order valence-corrected chi connectivity index (χ1v) is 10.2. The van der Waals surface area contributed by atoms with Crippen LogP contribution in [0.1, 0.15) is 18.9 Å². The van der Waals surface area contributed by atoms with Crippen molar-refractivity contribution < 1.29 is 23.7 Å². The Hall–Kier alpha value is -3.13. The number of nitrogens with zero attached hydrogens (tertiary/aromatic N) is 1. The van der Waals surface area contributed by atoms with Gasteiger partial charge in [0.05, 0.1) is 34.5 Å². The largest absolute Gasteiger partial charge is 0.493 e. The zero-order chi connectivity index (χ0) is 22.5. The molecule has 0 aliphatic carbocycles. The highest BCUT2D eigenvalue weighted by atomic mass is 16.5. The quantitative estimate of drug-likeness (QED) is 0.301. The van der Waals surface area contributed by atoms with E-state index in [4.69, 9.17) is 23.7 Å². The molecule has 31 heavy (non-hydrogen) atoms. The van der Waals surface area contributed by atoms with E-state index in [0.717, 1.165) is 30.0 Å². The Labute approximate surface area is 184 Å². The van der Waals surface area contributed by atoms with Crippen LogP contribution in [0.25, 0.3) is 0 Å². The van der Waals surface area contributed by atoms with Crippen LogP contribution in [0, 0.1) is 0 Å². The van der Waals surface area contributed by atoms with Crippen molar-refractivity contribution >= 4 is 11.6 Å². The maximum Gasteiger partial charge on any atom is 0.203 e. The number of aliphatic imine (C=N–C) groups is 1. The van der Waals surface area contributed by atoms with Gasteiger partial charge >= 0.3 is 0 Å². The molecule has 0 aliphatic heterocycles. The molecule has 170 valence electrons. The monoisotopic (exact) mass is 431 g/mol. The van der Waals surface area contributed by atoms with Crippen LogP contribution in [0.5, 0.6) is 23.0 Å². The second kappa shape index (κ2) is 13.2. The van der Waals surface area contributed by atoms with E-state index in [-0.39, 0.29) is 0 Å². The van der Waals surface area contributed by atoms with Crippen LogP contribution in [-0.4, -0.2) is 54.2 Å². The van der Waals surface area contributed by atoms with E-state index in [9.17, 15) is 0 Å². The van der Waals surface area contributed by atoms with Crippen molar-refractivity contribution in [3.05, 3.63) is 42.0 Å². The maximum atomic E-state index is 5.77. The second-order valence-electron chi connectivity index (χ2n) is 6.58. The molecule has 0 spiro atoms. The molecular weight excluding hydrogens is 398 g/mol.